The summed E-state index contributed by atoms with van der Waals surface area (Å²) in [5.74, 6) is 0. The van der Waals surface area contributed by atoms with Crippen molar-refractivity contribution in [2.24, 2.45) is 5.14 Å². The Labute approximate surface area is 127 Å². The first kappa shape index (κ1) is 15.0. The molecule has 0 amide bonds. The average Bonchev–Trinajstić information content (AvgIpc) is 2.38. The second-order valence-corrected chi connectivity index (χ2v) is 6.97. The Hall–Kier alpha value is -1.37. The van der Waals surface area contributed by atoms with Gasteiger partial charge in [-0.2, -0.15) is 0 Å². The van der Waals surface area contributed by atoms with Gasteiger partial charge in [0, 0.05) is 16.2 Å². The number of sulfonamides is 1. The van der Waals surface area contributed by atoms with Gasteiger partial charge in [-0.25, -0.2) is 13.6 Å². The van der Waals surface area contributed by atoms with E-state index in [0.29, 0.717) is 5.69 Å². The Kier molecular flexibility index (Phi) is 4.47. The van der Waals surface area contributed by atoms with Crippen molar-refractivity contribution in [3.8, 4) is 0 Å². The van der Waals surface area contributed by atoms with Gasteiger partial charge in [-0.3, -0.25) is 0 Å². The molecule has 1 unspecified atom stereocenters. The highest BCUT2D eigenvalue weighted by Crippen LogP contribution is 2.23. The van der Waals surface area contributed by atoms with E-state index in [1.54, 1.807) is 6.07 Å². The molecule has 20 heavy (non-hydrogen) atoms. The second kappa shape index (κ2) is 5.95. The molecule has 2 aromatic carbocycles. The van der Waals surface area contributed by atoms with E-state index >= 15 is 0 Å². The predicted molar refractivity (Wildman–Crippen MR) is 84.0 cm³/mol. The van der Waals surface area contributed by atoms with Gasteiger partial charge in [0.05, 0.1) is 4.90 Å². The summed E-state index contributed by atoms with van der Waals surface area (Å²) in [6.45, 7) is 2.01. The van der Waals surface area contributed by atoms with Gasteiger partial charge >= 0.3 is 0 Å². The summed E-state index contributed by atoms with van der Waals surface area (Å²) in [4.78, 5) is 0.101. The van der Waals surface area contributed by atoms with Crippen LogP contribution in [0.25, 0.3) is 0 Å². The molecule has 1 atom stereocenters. The Bertz CT molecular complexity index is 717. The molecular formula is C14H15BrN2O2S. The maximum Gasteiger partial charge on any atom is 0.238 e. The topological polar surface area (TPSA) is 72.2 Å². The van der Waals surface area contributed by atoms with Crippen molar-refractivity contribution < 1.29 is 8.42 Å². The monoisotopic (exact) mass is 354 g/mol. The molecule has 0 aliphatic carbocycles. The molecule has 0 radical (unpaired) electrons. The first-order valence-electron chi connectivity index (χ1n) is 6.01. The highest BCUT2D eigenvalue weighted by molar-refractivity contribution is 9.10. The summed E-state index contributed by atoms with van der Waals surface area (Å²) in [5.41, 5.74) is 1.81. The number of benzene rings is 2. The summed E-state index contributed by atoms with van der Waals surface area (Å²) in [5, 5.41) is 8.38. The summed E-state index contributed by atoms with van der Waals surface area (Å²) in [6.07, 6.45) is 0. The van der Waals surface area contributed by atoms with Gasteiger partial charge in [0.2, 0.25) is 10.0 Å². The lowest BCUT2D eigenvalue weighted by Crippen LogP contribution is -2.13. The molecular weight excluding hydrogens is 340 g/mol. The number of rotatable bonds is 4. The van der Waals surface area contributed by atoms with Crippen LogP contribution in [0.4, 0.5) is 5.69 Å². The largest absolute Gasteiger partial charge is 0.378 e. The van der Waals surface area contributed by atoms with Crippen LogP contribution >= 0.6 is 15.9 Å². The minimum absolute atomic E-state index is 0.0447. The maximum atomic E-state index is 11.3. The molecule has 0 aliphatic rings. The molecule has 3 N–H and O–H groups in total. The average molecular weight is 355 g/mol. The van der Waals surface area contributed by atoms with E-state index < -0.39 is 10.0 Å². The highest BCUT2D eigenvalue weighted by Gasteiger charge is 2.10. The summed E-state index contributed by atoms with van der Waals surface area (Å²) >= 11 is 3.43. The van der Waals surface area contributed by atoms with Crippen LogP contribution < -0.4 is 10.5 Å². The molecule has 2 aromatic rings. The first-order valence-corrected chi connectivity index (χ1v) is 8.35. The third kappa shape index (κ3) is 3.82. The van der Waals surface area contributed by atoms with Crippen LogP contribution in [0, 0.1) is 0 Å². The maximum absolute atomic E-state index is 11.3. The molecule has 0 aromatic heterocycles. The van der Waals surface area contributed by atoms with Gasteiger partial charge in [0.1, 0.15) is 0 Å². The van der Waals surface area contributed by atoms with Crippen LogP contribution in [-0.4, -0.2) is 8.42 Å². The molecule has 6 heteroatoms. The lowest BCUT2D eigenvalue weighted by atomic mass is 10.1. The van der Waals surface area contributed by atoms with Crippen LogP contribution in [0.3, 0.4) is 0 Å². The fourth-order valence-electron chi connectivity index (χ4n) is 1.87. The lowest BCUT2D eigenvalue weighted by molar-refractivity contribution is 0.598. The molecule has 0 bridgehead atoms. The van der Waals surface area contributed by atoms with Crippen molar-refractivity contribution in [3.63, 3.8) is 0 Å². The number of anilines is 1. The molecule has 0 fully saturated rings. The van der Waals surface area contributed by atoms with E-state index in [9.17, 15) is 8.42 Å². The number of nitrogens with one attached hydrogen (secondary N) is 1. The molecule has 0 aliphatic heterocycles. The number of halogens is 1. The number of hydrogen-bond donors (Lipinski definition) is 2. The predicted octanol–water partition coefficient (Wildman–Crippen LogP) is 3.27. The number of primary sulfonamides is 1. The zero-order chi connectivity index (χ0) is 14.8. The minimum atomic E-state index is -3.68. The van der Waals surface area contributed by atoms with Gasteiger partial charge in [-0.15, -0.1) is 0 Å². The molecule has 106 valence electrons. The number of hydrogen-bond acceptors (Lipinski definition) is 3. The van der Waals surface area contributed by atoms with Gasteiger partial charge in [-0.05, 0) is 42.8 Å². The summed E-state index contributed by atoms with van der Waals surface area (Å²) in [6, 6.07) is 14.5. The second-order valence-electron chi connectivity index (χ2n) is 4.49. The highest BCUT2D eigenvalue weighted by atomic mass is 79.9. The van der Waals surface area contributed by atoms with E-state index in [1.165, 1.54) is 12.1 Å². The van der Waals surface area contributed by atoms with Crippen LogP contribution in [0.1, 0.15) is 18.5 Å². The molecule has 2 rings (SSSR count). The van der Waals surface area contributed by atoms with Crippen molar-refractivity contribution in [3.05, 3.63) is 58.6 Å². The van der Waals surface area contributed by atoms with E-state index in [0.717, 1.165) is 10.0 Å². The molecule has 0 heterocycles. The SMILES string of the molecule is CC(Nc1cccc(S(N)(=O)=O)c1)c1cccc(Br)c1. The number of nitrogens with two attached hydrogens (primary N) is 1. The quantitative estimate of drug-likeness (QED) is 0.884. The van der Waals surface area contributed by atoms with Crippen molar-refractivity contribution >= 4 is 31.6 Å². The first-order chi connectivity index (χ1) is 9.36. The standard InChI is InChI=1S/C14H15BrN2O2S/c1-10(11-4-2-5-12(15)8-11)17-13-6-3-7-14(9-13)20(16,18)19/h2-10,17H,1H3,(H2,16,18,19). The zero-order valence-corrected chi connectivity index (χ0v) is 13.3. The fraction of sp³-hybridized carbons (Fsp3) is 0.143. The van der Waals surface area contributed by atoms with Crippen molar-refractivity contribution in [2.45, 2.75) is 17.9 Å². The van der Waals surface area contributed by atoms with Crippen molar-refractivity contribution in [1.29, 1.82) is 0 Å². The minimum Gasteiger partial charge on any atom is -0.378 e. The van der Waals surface area contributed by atoms with Crippen LogP contribution in [0.2, 0.25) is 0 Å². The molecule has 4 nitrogen and oxygen atoms in total. The van der Waals surface area contributed by atoms with Gasteiger partial charge < -0.3 is 5.32 Å². The van der Waals surface area contributed by atoms with Crippen LogP contribution in [0.5, 0.6) is 0 Å². The normalized spacial score (nSPS) is 12.9. The molecule has 0 saturated carbocycles. The van der Waals surface area contributed by atoms with Gasteiger partial charge in [-0.1, -0.05) is 34.1 Å². The Balaban J connectivity index is 2.22. The van der Waals surface area contributed by atoms with Crippen molar-refractivity contribution in [1.82, 2.24) is 0 Å². The Morgan fingerprint density at radius 2 is 1.85 bits per heavy atom. The van der Waals surface area contributed by atoms with Gasteiger partial charge in [0.15, 0.2) is 0 Å². The molecule has 0 saturated heterocycles. The van der Waals surface area contributed by atoms with E-state index in [4.69, 9.17) is 5.14 Å². The third-order valence-electron chi connectivity index (χ3n) is 2.89. The molecule has 0 spiro atoms. The third-order valence-corrected chi connectivity index (χ3v) is 4.30. The Morgan fingerprint density at radius 3 is 2.50 bits per heavy atom. The van der Waals surface area contributed by atoms with E-state index in [2.05, 4.69) is 21.2 Å². The lowest BCUT2D eigenvalue weighted by Gasteiger charge is -2.16. The smallest absolute Gasteiger partial charge is 0.238 e. The van der Waals surface area contributed by atoms with Crippen LogP contribution in [0.15, 0.2) is 57.9 Å². The van der Waals surface area contributed by atoms with Crippen LogP contribution in [-0.2, 0) is 10.0 Å². The van der Waals surface area contributed by atoms with Gasteiger partial charge in [0.25, 0.3) is 0 Å². The summed E-state index contributed by atoms with van der Waals surface area (Å²) in [7, 11) is -3.68. The van der Waals surface area contributed by atoms with E-state index in [1.807, 2.05) is 37.3 Å². The zero-order valence-electron chi connectivity index (χ0n) is 10.9. The van der Waals surface area contributed by atoms with Crippen molar-refractivity contribution in [2.75, 3.05) is 5.32 Å². The Morgan fingerprint density at radius 1 is 1.15 bits per heavy atom. The summed E-state index contributed by atoms with van der Waals surface area (Å²) < 4.78 is 23.7. The van der Waals surface area contributed by atoms with E-state index in [-0.39, 0.29) is 10.9 Å². The fourth-order valence-corrected chi connectivity index (χ4v) is 2.85.